The number of nitro groups is 1. The van der Waals surface area contributed by atoms with Crippen LogP contribution in [0.3, 0.4) is 0 Å². The first kappa shape index (κ1) is 19.1. The fraction of sp³-hybridized carbons (Fsp3) is 0.200. The molecule has 1 aliphatic rings. The Balaban J connectivity index is 1.88. The second-order valence-corrected chi connectivity index (χ2v) is 6.42. The lowest BCUT2D eigenvalue weighted by Gasteiger charge is -2.28. The van der Waals surface area contributed by atoms with Crippen LogP contribution in [0.4, 0.5) is 16.2 Å². The first-order valence-corrected chi connectivity index (χ1v) is 8.82. The van der Waals surface area contributed by atoms with Crippen LogP contribution in [0.1, 0.15) is 31.0 Å². The van der Waals surface area contributed by atoms with E-state index in [2.05, 4.69) is 22.9 Å². The van der Waals surface area contributed by atoms with Crippen molar-refractivity contribution in [3.63, 3.8) is 0 Å². The van der Waals surface area contributed by atoms with Crippen molar-refractivity contribution >= 4 is 23.3 Å². The molecule has 3 rings (SSSR count). The fourth-order valence-electron chi connectivity index (χ4n) is 3.06. The number of amides is 3. The van der Waals surface area contributed by atoms with Crippen molar-refractivity contribution in [1.82, 2.24) is 10.6 Å². The predicted octanol–water partition coefficient (Wildman–Crippen LogP) is 3.42. The fourth-order valence-corrected chi connectivity index (χ4v) is 3.06. The molecule has 0 unspecified atom stereocenters. The highest BCUT2D eigenvalue weighted by atomic mass is 16.6. The second kappa shape index (κ2) is 7.91. The van der Waals surface area contributed by atoms with Crippen LogP contribution in [0.2, 0.25) is 0 Å². The van der Waals surface area contributed by atoms with Crippen molar-refractivity contribution in [3.8, 4) is 0 Å². The zero-order chi connectivity index (χ0) is 20.3. The molecule has 8 heteroatoms. The summed E-state index contributed by atoms with van der Waals surface area (Å²) in [6.07, 6.45) is 0.890. The number of aryl methyl sites for hydroxylation is 1. The Kier molecular flexibility index (Phi) is 5.39. The van der Waals surface area contributed by atoms with Crippen LogP contribution < -0.4 is 16.0 Å². The van der Waals surface area contributed by atoms with Gasteiger partial charge in [-0.2, -0.15) is 0 Å². The van der Waals surface area contributed by atoms with Crippen LogP contribution in [-0.2, 0) is 11.2 Å². The summed E-state index contributed by atoms with van der Waals surface area (Å²) < 4.78 is 0. The van der Waals surface area contributed by atoms with Crippen molar-refractivity contribution in [1.29, 1.82) is 0 Å². The Morgan fingerprint density at radius 3 is 2.36 bits per heavy atom. The number of allylic oxidation sites excluding steroid dienone is 1. The van der Waals surface area contributed by atoms with Gasteiger partial charge >= 0.3 is 6.03 Å². The van der Waals surface area contributed by atoms with E-state index in [1.54, 1.807) is 6.92 Å². The predicted molar refractivity (Wildman–Crippen MR) is 105 cm³/mol. The molecule has 1 heterocycles. The van der Waals surface area contributed by atoms with Gasteiger partial charge in [-0.1, -0.05) is 31.2 Å². The molecule has 0 fully saturated rings. The summed E-state index contributed by atoms with van der Waals surface area (Å²) in [4.78, 5) is 35.1. The first-order valence-electron chi connectivity index (χ1n) is 8.82. The number of rotatable bonds is 5. The van der Waals surface area contributed by atoms with Gasteiger partial charge in [-0.05, 0) is 36.6 Å². The molecule has 1 aliphatic heterocycles. The van der Waals surface area contributed by atoms with Crippen molar-refractivity contribution in [2.75, 3.05) is 5.32 Å². The first-order chi connectivity index (χ1) is 13.4. The molecule has 0 bridgehead atoms. The Morgan fingerprint density at radius 2 is 1.79 bits per heavy atom. The maximum Gasteiger partial charge on any atom is 0.319 e. The highest BCUT2D eigenvalue weighted by Gasteiger charge is 2.31. The van der Waals surface area contributed by atoms with E-state index in [9.17, 15) is 19.7 Å². The third-order valence-corrected chi connectivity index (χ3v) is 4.57. The number of hydrogen-bond donors (Lipinski definition) is 3. The summed E-state index contributed by atoms with van der Waals surface area (Å²) in [6, 6.07) is 12.3. The Morgan fingerprint density at radius 1 is 1.14 bits per heavy atom. The molecule has 144 valence electrons. The van der Waals surface area contributed by atoms with Crippen LogP contribution in [0.5, 0.6) is 0 Å². The van der Waals surface area contributed by atoms with Crippen LogP contribution in [-0.4, -0.2) is 16.9 Å². The lowest BCUT2D eigenvalue weighted by molar-refractivity contribution is -0.384. The van der Waals surface area contributed by atoms with E-state index in [-0.39, 0.29) is 11.7 Å². The second-order valence-electron chi connectivity index (χ2n) is 6.42. The quantitative estimate of drug-likeness (QED) is 0.545. The number of urea groups is 1. The molecule has 8 nitrogen and oxygen atoms in total. The smallest absolute Gasteiger partial charge is 0.319 e. The molecule has 3 amide bonds. The minimum atomic E-state index is -0.599. The molecule has 0 aliphatic carbocycles. The maximum atomic E-state index is 12.9. The van der Waals surface area contributed by atoms with Gasteiger partial charge in [0.1, 0.15) is 0 Å². The van der Waals surface area contributed by atoms with Gasteiger partial charge in [0.15, 0.2) is 0 Å². The summed E-state index contributed by atoms with van der Waals surface area (Å²) in [5.74, 6) is -0.400. The lowest BCUT2D eigenvalue weighted by atomic mass is 9.94. The number of nitrogens with one attached hydrogen (secondary N) is 3. The van der Waals surface area contributed by atoms with Gasteiger partial charge < -0.3 is 16.0 Å². The number of non-ortho nitro benzene ring substituents is 1. The summed E-state index contributed by atoms with van der Waals surface area (Å²) in [7, 11) is 0. The topological polar surface area (TPSA) is 113 Å². The molecular formula is C20H20N4O4. The third-order valence-electron chi connectivity index (χ3n) is 4.57. The lowest BCUT2D eigenvalue weighted by Crippen LogP contribution is -2.45. The monoisotopic (exact) mass is 380 g/mol. The van der Waals surface area contributed by atoms with Crippen molar-refractivity contribution in [3.05, 3.63) is 81.0 Å². The van der Waals surface area contributed by atoms with E-state index in [1.165, 1.54) is 24.3 Å². The maximum absolute atomic E-state index is 12.9. The summed E-state index contributed by atoms with van der Waals surface area (Å²) in [5.41, 5.74) is 3.14. The number of anilines is 1. The SMILES string of the molecule is CCc1ccc([C@H]2NC(=O)NC(C)=C2C(=O)Nc2ccc([N+](=O)[O-])cc2)cc1. The summed E-state index contributed by atoms with van der Waals surface area (Å²) >= 11 is 0. The minimum Gasteiger partial charge on any atom is -0.327 e. The number of nitrogens with zero attached hydrogens (tertiary/aromatic N) is 1. The molecule has 0 spiro atoms. The highest BCUT2D eigenvalue weighted by molar-refractivity contribution is 6.06. The van der Waals surface area contributed by atoms with Crippen molar-refractivity contribution in [2.45, 2.75) is 26.3 Å². The zero-order valence-electron chi connectivity index (χ0n) is 15.5. The molecule has 3 N–H and O–H groups in total. The summed E-state index contributed by atoms with van der Waals surface area (Å²) in [5, 5.41) is 18.9. The van der Waals surface area contributed by atoms with E-state index in [0.717, 1.165) is 17.5 Å². The van der Waals surface area contributed by atoms with Crippen molar-refractivity contribution in [2.24, 2.45) is 0 Å². The molecule has 0 saturated carbocycles. The molecule has 2 aromatic carbocycles. The normalized spacial score (nSPS) is 16.2. The highest BCUT2D eigenvalue weighted by Crippen LogP contribution is 2.28. The standard InChI is InChI=1S/C20H20N4O4/c1-3-13-4-6-14(7-5-13)18-17(12(2)21-20(26)23-18)19(25)22-15-8-10-16(11-9-15)24(27)28/h4-11,18H,3H2,1-2H3,(H,22,25)(H2,21,23,26)/t18-/m1/s1. The van der Waals surface area contributed by atoms with Gasteiger partial charge in [-0.15, -0.1) is 0 Å². The van der Waals surface area contributed by atoms with Crippen LogP contribution in [0.15, 0.2) is 59.8 Å². The number of nitro benzene ring substituents is 1. The van der Waals surface area contributed by atoms with Crippen LogP contribution in [0, 0.1) is 10.1 Å². The van der Waals surface area contributed by atoms with Crippen LogP contribution in [0.25, 0.3) is 0 Å². The van der Waals surface area contributed by atoms with Gasteiger partial charge in [0.25, 0.3) is 11.6 Å². The van der Waals surface area contributed by atoms with E-state index >= 15 is 0 Å². The molecule has 0 aromatic heterocycles. The molecular weight excluding hydrogens is 360 g/mol. The molecule has 1 atom stereocenters. The van der Waals surface area contributed by atoms with Gasteiger partial charge in [0.2, 0.25) is 0 Å². The van der Waals surface area contributed by atoms with Crippen molar-refractivity contribution < 1.29 is 14.5 Å². The third kappa shape index (κ3) is 4.01. The van der Waals surface area contributed by atoms with Gasteiger partial charge in [0.05, 0.1) is 16.5 Å². The van der Waals surface area contributed by atoms with Crippen LogP contribution >= 0.6 is 0 Å². The Labute approximate surface area is 161 Å². The van der Waals surface area contributed by atoms with E-state index in [4.69, 9.17) is 0 Å². The van der Waals surface area contributed by atoms with E-state index in [0.29, 0.717) is 17.0 Å². The van der Waals surface area contributed by atoms with E-state index < -0.39 is 16.9 Å². The minimum absolute atomic E-state index is 0.0612. The molecule has 0 saturated heterocycles. The molecule has 28 heavy (non-hydrogen) atoms. The molecule has 2 aromatic rings. The largest absolute Gasteiger partial charge is 0.327 e. The summed E-state index contributed by atoms with van der Waals surface area (Å²) in [6.45, 7) is 3.71. The average molecular weight is 380 g/mol. The Hall–Kier alpha value is -3.68. The van der Waals surface area contributed by atoms with Gasteiger partial charge in [-0.3, -0.25) is 14.9 Å². The average Bonchev–Trinajstić information content (AvgIpc) is 2.67. The number of benzene rings is 2. The Bertz CT molecular complexity index is 949. The number of hydrogen-bond acceptors (Lipinski definition) is 4. The van der Waals surface area contributed by atoms with E-state index in [1.807, 2.05) is 24.3 Å². The molecule has 0 radical (unpaired) electrons. The van der Waals surface area contributed by atoms with Gasteiger partial charge in [-0.25, -0.2) is 4.79 Å². The number of carbonyl (C=O) groups excluding carboxylic acids is 2. The zero-order valence-corrected chi connectivity index (χ0v) is 15.5. The number of carbonyl (C=O) groups is 2. The van der Waals surface area contributed by atoms with Gasteiger partial charge in [0, 0.05) is 23.5 Å².